The van der Waals surface area contributed by atoms with Crippen LogP contribution in [0.3, 0.4) is 0 Å². The van der Waals surface area contributed by atoms with Gasteiger partial charge in [-0.2, -0.15) is 0 Å². The van der Waals surface area contributed by atoms with Gasteiger partial charge in [-0.15, -0.1) is 0 Å². The van der Waals surface area contributed by atoms with Crippen LogP contribution in [0.2, 0.25) is 0 Å². The number of carbonyl (C=O) groups is 9. The number of rotatable bonds is 22. The summed E-state index contributed by atoms with van der Waals surface area (Å²) in [4.78, 5) is 136. The van der Waals surface area contributed by atoms with E-state index in [1.54, 1.807) is 36.5 Å². The van der Waals surface area contributed by atoms with Gasteiger partial charge in [0.05, 0.1) is 6.04 Å². The Labute approximate surface area is 431 Å². The quantitative estimate of drug-likeness (QED) is 0.0376. The highest BCUT2D eigenvalue weighted by atomic mass is 16.2. The number of ketones is 3. The van der Waals surface area contributed by atoms with Crippen LogP contribution in [0.25, 0.3) is 10.9 Å². The Kier molecular flexibility index (Phi) is 24.2. The van der Waals surface area contributed by atoms with Crippen molar-refractivity contribution in [2.45, 2.75) is 134 Å². The lowest BCUT2D eigenvalue weighted by atomic mass is 9.81. The molecule has 16 N–H and O–H groups in total. The van der Waals surface area contributed by atoms with Crippen LogP contribution in [0, 0.1) is 17.8 Å². The Bertz CT molecular complexity index is 2470. The Hall–Kier alpha value is -7.65. The topological polar surface area (TPSA) is 384 Å². The number of guanidine groups is 2. The number of benzene rings is 2. The summed E-state index contributed by atoms with van der Waals surface area (Å²) in [5, 5.41) is 14.5. The second-order valence-corrected chi connectivity index (χ2v) is 18.9. The summed E-state index contributed by atoms with van der Waals surface area (Å²) >= 11 is 0. The van der Waals surface area contributed by atoms with Gasteiger partial charge in [0, 0.05) is 87.1 Å². The SMILES string of the molecule is CCCC[C@H](NC(C)=O)C(=O)N[C@H]1CCC(=O)NCC[C@@H](C(=O)C[C@@H](Cc2c[nH]c3ccccc23)C(N)=O)CC(=O)[C@H](CCCN=C(N)N)CC(=O)[C@@H](Cc2ccccc2)NC(=O)[C@H](CCCN=C(N)N)NC1=O. The van der Waals surface area contributed by atoms with Gasteiger partial charge in [-0.25, -0.2) is 0 Å². The fraction of sp³-hybridized carbons (Fsp3) is 0.519. The molecule has 2 heterocycles. The van der Waals surface area contributed by atoms with Crippen LogP contribution in [0.4, 0.5) is 0 Å². The maximum atomic E-state index is 14.7. The van der Waals surface area contributed by atoms with Crippen LogP contribution >= 0.6 is 0 Å². The summed E-state index contributed by atoms with van der Waals surface area (Å²) in [7, 11) is 0. The average Bonchev–Trinajstić information content (AvgIpc) is 3.76. The van der Waals surface area contributed by atoms with Crippen molar-refractivity contribution in [1.82, 2.24) is 31.6 Å². The number of hydrogen-bond acceptors (Lipinski definition) is 11. The van der Waals surface area contributed by atoms with E-state index in [4.69, 9.17) is 28.7 Å². The molecule has 0 radical (unpaired) electrons. The number of Topliss-reactive ketones (excluding diaryl/α,β-unsaturated/α-hetero) is 3. The lowest BCUT2D eigenvalue weighted by Crippen LogP contribution is -2.58. The molecule has 1 aliphatic rings. The molecule has 0 unspecified atom stereocenters. The fourth-order valence-electron chi connectivity index (χ4n) is 8.97. The fourth-order valence-corrected chi connectivity index (χ4v) is 8.97. The molecular weight excluding hydrogens is 951 g/mol. The number of fused-ring (bicyclic) bond motifs is 1. The lowest BCUT2D eigenvalue weighted by Gasteiger charge is -2.27. The first-order valence-electron chi connectivity index (χ1n) is 25.4. The van der Waals surface area contributed by atoms with Gasteiger partial charge in [0.2, 0.25) is 35.4 Å². The van der Waals surface area contributed by atoms with Crippen molar-refractivity contribution >= 4 is 75.6 Å². The third-order valence-corrected chi connectivity index (χ3v) is 13.0. The standard InChI is InChI=1S/C52H75N13O9/c1-3-4-16-39(62-31(2)66)48(72)64-41-19-20-46(70)58-24-21-34(44(68)29-35(47(53)71)26-36-30-61-38-17-9-8-15-37(36)38)27-43(67)33(14-10-22-59-51(54)55)28-45(69)42(25-32-12-6-5-7-13-32)65-49(73)40(63-50(41)74)18-11-23-60-52(56)57/h5-9,12-13,15,17,30,33-35,39-42,61H,3-4,10-11,14,16,18-29H2,1-2H3,(H2,53,71)(H,58,70)(H,62,66)(H,63,74)(H,64,72)(H,65,73)(H4,54,55,59)(H4,56,57,60)/t33-,34-,35-,39+,40+,41+,42-/m1/s1. The zero-order valence-electron chi connectivity index (χ0n) is 42.5. The first-order valence-corrected chi connectivity index (χ1v) is 25.4. The highest BCUT2D eigenvalue weighted by molar-refractivity contribution is 5.98. The highest BCUT2D eigenvalue weighted by Gasteiger charge is 2.35. The molecular formula is C52H75N13O9. The van der Waals surface area contributed by atoms with E-state index in [-0.39, 0.29) is 115 Å². The molecule has 1 saturated heterocycles. The van der Waals surface area contributed by atoms with Crippen LogP contribution < -0.4 is 55.3 Å². The maximum absolute atomic E-state index is 14.7. The van der Waals surface area contributed by atoms with Gasteiger partial charge in [-0.3, -0.25) is 53.1 Å². The van der Waals surface area contributed by atoms with Crippen molar-refractivity contribution in [3.8, 4) is 0 Å². The summed E-state index contributed by atoms with van der Waals surface area (Å²) in [6.07, 6.45) is 2.26. The van der Waals surface area contributed by atoms with Crippen molar-refractivity contribution in [3.05, 3.63) is 71.9 Å². The maximum Gasteiger partial charge on any atom is 0.243 e. The number of nitrogens with zero attached hydrogens (tertiary/aromatic N) is 2. The Balaban J connectivity index is 1.76. The molecule has 7 atom stereocenters. The minimum Gasteiger partial charge on any atom is -0.370 e. The highest BCUT2D eigenvalue weighted by Crippen LogP contribution is 2.27. The number of nitrogens with one attached hydrogen (secondary N) is 6. The van der Waals surface area contributed by atoms with E-state index in [0.29, 0.717) is 18.4 Å². The molecule has 0 aliphatic carbocycles. The van der Waals surface area contributed by atoms with Gasteiger partial charge in [-0.05, 0) is 75.0 Å². The number of hydrogen-bond donors (Lipinski definition) is 11. The molecule has 1 aliphatic heterocycles. The van der Waals surface area contributed by atoms with E-state index in [1.165, 1.54) is 6.92 Å². The second-order valence-electron chi connectivity index (χ2n) is 18.9. The molecule has 22 nitrogen and oxygen atoms in total. The Morgan fingerprint density at radius 2 is 1.43 bits per heavy atom. The number of aliphatic imine (C=N–C) groups is 2. The summed E-state index contributed by atoms with van der Waals surface area (Å²) in [6, 6.07) is 11.3. The summed E-state index contributed by atoms with van der Waals surface area (Å²) in [6.45, 7) is 3.26. The average molecular weight is 1030 g/mol. The first-order chi connectivity index (χ1) is 35.3. The molecule has 0 spiro atoms. The molecule has 1 fully saturated rings. The van der Waals surface area contributed by atoms with Gasteiger partial charge >= 0.3 is 0 Å². The zero-order chi connectivity index (χ0) is 54.2. The van der Waals surface area contributed by atoms with Crippen LogP contribution in [0.1, 0.15) is 108 Å². The summed E-state index contributed by atoms with van der Waals surface area (Å²) in [5.41, 5.74) is 30.5. The van der Waals surface area contributed by atoms with Crippen molar-refractivity contribution < 1.29 is 43.2 Å². The molecule has 4 rings (SSSR count). The molecule has 0 saturated carbocycles. The van der Waals surface area contributed by atoms with E-state index in [0.717, 1.165) is 16.5 Å². The third-order valence-electron chi connectivity index (χ3n) is 13.0. The number of aromatic amines is 1. The minimum atomic E-state index is -1.41. The molecule has 74 heavy (non-hydrogen) atoms. The van der Waals surface area contributed by atoms with Crippen molar-refractivity contribution in [1.29, 1.82) is 0 Å². The molecule has 402 valence electrons. The molecule has 2 aromatic carbocycles. The second kappa shape index (κ2) is 30.4. The number of unbranched alkanes of at least 4 members (excludes halogenated alkanes) is 1. The predicted molar refractivity (Wildman–Crippen MR) is 280 cm³/mol. The van der Waals surface area contributed by atoms with Crippen LogP contribution in [-0.2, 0) is 56.0 Å². The number of nitrogens with two attached hydrogens (primary N) is 5. The van der Waals surface area contributed by atoms with E-state index >= 15 is 0 Å². The molecule has 0 bridgehead atoms. The van der Waals surface area contributed by atoms with Gasteiger partial charge in [0.1, 0.15) is 29.7 Å². The van der Waals surface area contributed by atoms with E-state index in [2.05, 4.69) is 41.6 Å². The van der Waals surface area contributed by atoms with Crippen LogP contribution in [0.5, 0.6) is 0 Å². The lowest BCUT2D eigenvalue weighted by molar-refractivity contribution is -0.135. The zero-order valence-corrected chi connectivity index (χ0v) is 42.5. The summed E-state index contributed by atoms with van der Waals surface area (Å²) in [5.74, 6) is -8.81. The van der Waals surface area contributed by atoms with Gasteiger partial charge in [0.25, 0.3) is 0 Å². The Morgan fingerprint density at radius 3 is 2.09 bits per heavy atom. The molecule has 22 heteroatoms. The smallest absolute Gasteiger partial charge is 0.243 e. The van der Waals surface area contributed by atoms with Crippen molar-refractivity contribution in [2.24, 2.45) is 56.4 Å². The van der Waals surface area contributed by atoms with Crippen LogP contribution in [0.15, 0.2) is 70.8 Å². The van der Waals surface area contributed by atoms with Crippen molar-refractivity contribution in [2.75, 3.05) is 19.6 Å². The van der Waals surface area contributed by atoms with Gasteiger partial charge < -0.3 is 60.2 Å². The van der Waals surface area contributed by atoms with Gasteiger partial charge in [-0.1, -0.05) is 68.3 Å². The van der Waals surface area contributed by atoms with Crippen molar-refractivity contribution in [3.63, 3.8) is 0 Å². The number of aromatic nitrogens is 1. The Morgan fingerprint density at radius 1 is 0.770 bits per heavy atom. The number of para-hydroxylation sites is 1. The normalized spacial score (nSPS) is 20.2. The third kappa shape index (κ3) is 20.1. The number of H-pyrrole nitrogens is 1. The van der Waals surface area contributed by atoms with E-state index in [9.17, 15) is 43.2 Å². The van der Waals surface area contributed by atoms with E-state index in [1.807, 2.05) is 31.2 Å². The predicted octanol–water partition coefficient (Wildman–Crippen LogP) is 0.721. The van der Waals surface area contributed by atoms with Crippen LogP contribution in [-0.4, -0.2) is 113 Å². The minimum absolute atomic E-state index is 0.00417. The molecule has 6 amide bonds. The van der Waals surface area contributed by atoms with E-state index < -0.39 is 94.7 Å². The largest absolute Gasteiger partial charge is 0.370 e. The molecule has 1 aromatic heterocycles. The summed E-state index contributed by atoms with van der Waals surface area (Å²) < 4.78 is 0. The number of carbonyl (C=O) groups excluding carboxylic acids is 9. The monoisotopic (exact) mass is 1030 g/mol. The number of primary amides is 1. The first kappa shape index (κ1) is 58.9. The molecule has 3 aromatic rings. The number of amides is 6. The van der Waals surface area contributed by atoms with Gasteiger partial charge in [0.15, 0.2) is 17.7 Å².